The quantitative estimate of drug-likeness (QED) is 0.827. The second-order valence-electron chi connectivity index (χ2n) is 5.48. The predicted octanol–water partition coefficient (Wildman–Crippen LogP) is 4.26. The van der Waals surface area contributed by atoms with Gasteiger partial charge in [-0.05, 0) is 54.5 Å². The van der Waals surface area contributed by atoms with Crippen molar-refractivity contribution in [3.8, 4) is 0 Å². The summed E-state index contributed by atoms with van der Waals surface area (Å²) in [5.74, 6) is 1.03. The molecule has 1 aliphatic rings. The zero-order valence-corrected chi connectivity index (χ0v) is 14.1. The molecule has 0 aliphatic heterocycles. The average Bonchev–Trinajstić information content (AvgIpc) is 2.47. The number of nitrogen functional groups attached to an aromatic ring is 1. The molecule has 2 aromatic rings. The van der Waals surface area contributed by atoms with Crippen LogP contribution in [0.4, 0.5) is 5.69 Å². The molecule has 0 spiro atoms. The third-order valence-corrected chi connectivity index (χ3v) is 6.12. The van der Waals surface area contributed by atoms with Crippen LogP contribution in [0.3, 0.4) is 0 Å². The summed E-state index contributed by atoms with van der Waals surface area (Å²) in [4.78, 5) is 0.751. The lowest BCUT2D eigenvalue weighted by Crippen LogP contribution is -2.16. The number of hydrogen-bond donors (Lipinski definition) is 1. The molecule has 0 amide bonds. The first-order valence-electron chi connectivity index (χ1n) is 7.16. The van der Waals surface area contributed by atoms with Crippen LogP contribution in [0.1, 0.15) is 29.9 Å². The smallest absolute Gasteiger partial charge is 0.0618 e. The Bertz CT molecular complexity index is 686. The van der Waals surface area contributed by atoms with Crippen molar-refractivity contribution in [1.29, 1.82) is 0 Å². The van der Waals surface area contributed by atoms with Gasteiger partial charge < -0.3 is 5.73 Å². The number of halogens is 1. The van der Waals surface area contributed by atoms with Gasteiger partial charge in [0.05, 0.1) is 15.7 Å². The summed E-state index contributed by atoms with van der Waals surface area (Å²) < 4.78 is 13.6. The number of fused-ring (bicyclic) bond motifs is 1. The van der Waals surface area contributed by atoms with Crippen LogP contribution in [0.2, 0.25) is 0 Å². The maximum absolute atomic E-state index is 12.7. The summed E-state index contributed by atoms with van der Waals surface area (Å²) in [5, 5.41) is 0. The maximum Gasteiger partial charge on any atom is 0.0618 e. The van der Waals surface area contributed by atoms with Gasteiger partial charge in [0, 0.05) is 15.9 Å². The van der Waals surface area contributed by atoms with Gasteiger partial charge in [-0.25, -0.2) is 0 Å². The van der Waals surface area contributed by atoms with Crippen LogP contribution in [-0.2, 0) is 17.2 Å². The zero-order valence-electron chi connectivity index (χ0n) is 11.7. The van der Waals surface area contributed by atoms with Gasteiger partial charge in [0.1, 0.15) is 0 Å². The number of anilines is 1. The van der Waals surface area contributed by atoms with Gasteiger partial charge in [-0.3, -0.25) is 4.21 Å². The molecule has 0 aromatic heterocycles. The molecule has 0 saturated carbocycles. The van der Waals surface area contributed by atoms with Crippen molar-refractivity contribution in [2.24, 2.45) is 0 Å². The van der Waals surface area contributed by atoms with E-state index in [9.17, 15) is 4.21 Å². The normalized spacial score (nSPS) is 19.0. The maximum atomic E-state index is 12.7. The summed E-state index contributed by atoms with van der Waals surface area (Å²) in [7, 11) is -1.05. The molecule has 3 rings (SSSR count). The monoisotopic (exact) mass is 363 g/mol. The van der Waals surface area contributed by atoms with Crippen molar-refractivity contribution in [1.82, 2.24) is 0 Å². The molecule has 2 nitrogen and oxygen atoms in total. The minimum absolute atomic E-state index is 0.374. The molecule has 2 atom stereocenters. The second kappa shape index (κ2) is 6.32. The van der Waals surface area contributed by atoms with Gasteiger partial charge >= 0.3 is 0 Å². The highest BCUT2D eigenvalue weighted by atomic mass is 79.9. The van der Waals surface area contributed by atoms with Crippen LogP contribution in [-0.4, -0.2) is 9.96 Å². The summed E-state index contributed by atoms with van der Waals surface area (Å²) >= 11 is 3.39. The summed E-state index contributed by atoms with van der Waals surface area (Å²) in [5.41, 5.74) is 9.38. The first kappa shape index (κ1) is 14.8. The number of benzene rings is 2. The van der Waals surface area contributed by atoms with E-state index in [0.29, 0.717) is 17.4 Å². The average molecular weight is 364 g/mol. The van der Waals surface area contributed by atoms with Gasteiger partial charge in [0.2, 0.25) is 0 Å². The Labute approximate surface area is 136 Å². The van der Waals surface area contributed by atoms with E-state index in [2.05, 4.69) is 40.2 Å². The lowest BCUT2D eigenvalue weighted by Gasteiger charge is -2.25. The molecule has 21 heavy (non-hydrogen) atoms. The SMILES string of the molecule is Nc1cc(Br)ccc1S(=O)CC1CCCc2ccccc21. The molecule has 0 saturated heterocycles. The summed E-state index contributed by atoms with van der Waals surface area (Å²) in [6, 6.07) is 14.1. The van der Waals surface area contributed by atoms with Gasteiger partial charge in [0.25, 0.3) is 0 Å². The van der Waals surface area contributed by atoms with Crippen molar-refractivity contribution >= 4 is 32.4 Å². The number of rotatable bonds is 3. The third kappa shape index (κ3) is 3.22. The molecule has 4 heteroatoms. The lowest BCUT2D eigenvalue weighted by atomic mass is 9.84. The highest BCUT2D eigenvalue weighted by molar-refractivity contribution is 9.10. The molecule has 2 unspecified atom stereocenters. The summed E-state index contributed by atoms with van der Waals surface area (Å²) in [6.07, 6.45) is 3.42. The fourth-order valence-electron chi connectivity index (χ4n) is 3.03. The molecule has 1 aliphatic carbocycles. The minimum Gasteiger partial charge on any atom is -0.398 e. The van der Waals surface area contributed by atoms with Gasteiger partial charge in [-0.2, -0.15) is 0 Å². The highest BCUT2D eigenvalue weighted by Gasteiger charge is 2.23. The number of hydrogen-bond acceptors (Lipinski definition) is 2. The molecular formula is C17H18BrNOS. The van der Waals surface area contributed by atoms with E-state index in [-0.39, 0.29) is 0 Å². The van der Waals surface area contributed by atoms with Crippen molar-refractivity contribution in [2.45, 2.75) is 30.1 Å². The van der Waals surface area contributed by atoms with Crippen molar-refractivity contribution in [3.63, 3.8) is 0 Å². The van der Waals surface area contributed by atoms with Crippen molar-refractivity contribution < 1.29 is 4.21 Å². The molecular weight excluding hydrogens is 346 g/mol. The second-order valence-corrected chi connectivity index (χ2v) is 7.86. The van der Waals surface area contributed by atoms with Crippen molar-refractivity contribution in [3.05, 3.63) is 58.1 Å². The van der Waals surface area contributed by atoms with Gasteiger partial charge in [-0.15, -0.1) is 0 Å². The van der Waals surface area contributed by atoms with Crippen LogP contribution in [0.5, 0.6) is 0 Å². The van der Waals surface area contributed by atoms with Crippen LogP contribution >= 0.6 is 15.9 Å². The van der Waals surface area contributed by atoms with Gasteiger partial charge in [0.15, 0.2) is 0 Å². The highest BCUT2D eigenvalue weighted by Crippen LogP contribution is 2.33. The zero-order chi connectivity index (χ0) is 14.8. The van der Waals surface area contributed by atoms with Crippen LogP contribution in [0.15, 0.2) is 51.8 Å². The van der Waals surface area contributed by atoms with E-state index in [0.717, 1.165) is 22.2 Å². The lowest BCUT2D eigenvalue weighted by molar-refractivity contribution is 0.588. The van der Waals surface area contributed by atoms with Crippen LogP contribution in [0.25, 0.3) is 0 Å². The topological polar surface area (TPSA) is 43.1 Å². The van der Waals surface area contributed by atoms with E-state index in [1.54, 1.807) is 0 Å². The van der Waals surface area contributed by atoms with E-state index >= 15 is 0 Å². The van der Waals surface area contributed by atoms with E-state index in [1.165, 1.54) is 17.5 Å². The standard InChI is InChI=1S/C17H18BrNOS/c18-14-8-9-17(16(19)10-14)21(20)11-13-6-3-5-12-4-1-2-7-15(12)13/h1-2,4,7-10,13H,3,5-6,11,19H2. The largest absolute Gasteiger partial charge is 0.398 e. The molecule has 0 bridgehead atoms. The third-order valence-electron chi connectivity index (χ3n) is 4.06. The van der Waals surface area contributed by atoms with Crippen LogP contribution in [0, 0.1) is 0 Å². The molecule has 0 fully saturated rings. The molecule has 2 aromatic carbocycles. The molecule has 0 radical (unpaired) electrons. The summed E-state index contributed by atoms with van der Waals surface area (Å²) in [6.45, 7) is 0. The molecule has 110 valence electrons. The Hall–Kier alpha value is -1.13. The predicted molar refractivity (Wildman–Crippen MR) is 92.0 cm³/mol. The Morgan fingerprint density at radius 1 is 1.24 bits per heavy atom. The molecule has 2 N–H and O–H groups in total. The van der Waals surface area contributed by atoms with Gasteiger partial charge in [-0.1, -0.05) is 40.2 Å². The Morgan fingerprint density at radius 2 is 2.05 bits per heavy atom. The number of nitrogens with two attached hydrogens (primary N) is 1. The Morgan fingerprint density at radius 3 is 2.86 bits per heavy atom. The Balaban J connectivity index is 1.83. The Kier molecular flexibility index (Phi) is 4.45. The van der Waals surface area contributed by atoms with Crippen molar-refractivity contribution in [2.75, 3.05) is 11.5 Å². The number of aryl methyl sites for hydroxylation is 1. The van der Waals surface area contributed by atoms with E-state index in [1.807, 2.05) is 18.2 Å². The molecule has 0 heterocycles. The van der Waals surface area contributed by atoms with Crippen LogP contribution < -0.4 is 5.73 Å². The fraction of sp³-hybridized carbons (Fsp3) is 0.294. The first-order chi connectivity index (χ1) is 10.1. The first-order valence-corrected chi connectivity index (χ1v) is 9.27. The van der Waals surface area contributed by atoms with E-state index in [4.69, 9.17) is 5.73 Å². The fourth-order valence-corrected chi connectivity index (χ4v) is 4.84. The minimum atomic E-state index is -1.05. The van der Waals surface area contributed by atoms with E-state index < -0.39 is 10.8 Å².